The molecule has 0 aliphatic heterocycles. The van der Waals surface area contributed by atoms with E-state index in [1.165, 1.54) is 0 Å². The Hall–Kier alpha value is -2.37. The van der Waals surface area contributed by atoms with Gasteiger partial charge in [-0.2, -0.15) is 28.1 Å². The number of rotatable bonds is 6. The van der Waals surface area contributed by atoms with E-state index >= 15 is 0 Å². The summed E-state index contributed by atoms with van der Waals surface area (Å²) < 4.78 is 80.1. The number of aliphatic hydroxyl groups is 1. The molecule has 0 saturated heterocycles. The van der Waals surface area contributed by atoms with Crippen molar-refractivity contribution in [2.45, 2.75) is 51.3 Å². The minimum Gasteiger partial charge on any atom is -0.380 e. The maximum absolute atomic E-state index is 14.3. The Balaban J connectivity index is 2.48. The lowest BCUT2D eigenvalue weighted by atomic mass is 9.92. The van der Waals surface area contributed by atoms with Crippen LogP contribution in [-0.2, 0) is 0 Å². The SMILES string of the molecule is CC=C(Nc1nc(NCCC)nc(C2=C(F)C(O)C(F)(F)CC2)n1)C(F)(F)F. The fourth-order valence-corrected chi connectivity index (χ4v) is 2.43. The summed E-state index contributed by atoms with van der Waals surface area (Å²) >= 11 is 0. The van der Waals surface area contributed by atoms with Gasteiger partial charge < -0.3 is 15.7 Å². The molecule has 28 heavy (non-hydrogen) atoms. The number of hydrogen-bond donors (Lipinski definition) is 3. The second kappa shape index (κ2) is 8.33. The molecular formula is C16H19F6N5O. The van der Waals surface area contributed by atoms with E-state index in [0.29, 0.717) is 13.0 Å². The molecule has 6 nitrogen and oxygen atoms in total. The van der Waals surface area contributed by atoms with Crippen molar-refractivity contribution in [3.05, 3.63) is 23.4 Å². The van der Waals surface area contributed by atoms with E-state index in [2.05, 4.69) is 20.3 Å². The maximum atomic E-state index is 14.3. The van der Waals surface area contributed by atoms with E-state index in [1.807, 2.05) is 12.2 Å². The van der Waals surface area contributed by atoms with Gasteiger partial charge in [0.1, 0.15) is 11.5 Å². The second-order valence-electron chi connectivity index (χ2n) is 6.05. The molecule has 3 N–H and O–H groups in total. The van der Waals surface area contributed by atoms with Gasteiger partial charge in [-0.05, 0) is 19.8 Å². The van der Waals surface area contributed by atoms with Crippen LogP contribution in [0.15, 0.2) is 17.6 Å². The van der Waals surface area contributed by atoms with Crippen LogP contribution in [0.4, 0.5) is 38.2 Å². The highest BCUT2D eigenvalue weighted by molar-refractivity contribution is 5.66. The second-order valence-corrected chi connectivity index (χ2v) is 6.05. The van der Waals surface area contributed by atoms with Crippen LogP contribution in [0.2, 0.25) is 0 Å². The summed E-state index contributed by atoms with van der Waals surface area (Å²) in [6.45, 7) is 3.33. The molecule has 0 spiro atoms. The Morgan fingerprint density at radius 2 is 1.89 bits per heavy atom. The van der Waals surface area contributed by atoms with Crippen molar-refractivity contribution in [3.8, 4) is 0 Å². The van der Waals surface area contributed by atoms with Gasteiger partial charge in [-0.1, -0.05) is 13.0 Å². The van der Waals surface area contributed by atoms with Crippen molar-refractivity contribution in [3.63, 3.8) is 0 Å². The number of nitrogens with zero attached hydrogens (tertiary/aromatic N) is 3. The summed E-state index contributed by atoms with van der Waals surface area (Å²) in [5.74, 6) is -6.29. The van der Waals surface area contributed by atoms with Gasteiger partial charge in [0.25, 0.3) is 5.92 Å². The quantitative estimate of drug-likeness (QED) is 0.613. The fraction of sp³-hybridized carbons (Fsp3) is 0.562. The number of allylic oxidation sites excluding steroid dienone is 3. The van der Waals surface area contributed by atoms with E-state index < -0.39 is 59.9 Å². The summed E-state index contributed by atoms with van der Waals surface area (Å²) in [6, 6.07) is 0. The monoisotopic (exact) mass is 411 g/mol. The van der Waals surface area contributed by atoms with Gasteiger partial charge in [0.05, 0.1) is 0 Å². The minimum absolute atomic E-state index is 0.154. The van der Waals surface area contributed by atoms with Crippen LogP contribution >= 0.6 is 0 Å². The molecule has 0 saturated carbocycles. The average Bonchev–Trinajstić information content (AvgIpc) is 2.61. The van der Waals surface area contributed by atoms with E-state index in [-0.39, 0.29) is 5.95 Å². The van der Waals surface area contributed by atoms with Crippen molar-refractivity contribution in [1.82, 2.24) is 15.0 Å². The van der Waals surface area contributed by atoms with Gasteiger partial charge in [-0.3, -0.25) is 0 Å². The predicted octanol–water partition coefficient (Wildman–Crippen LogP) is 4.04. The standard InChI is InChI=1S/C16H19F6N5O/c1-3-7-23-13-25-12(8-5-6-15(18,19)11(28)10(8)17)26-14(27-13)24-9(4-2)16(20,21)22/h4,11,28H,3,5-7H2,1-2H3,(H2,23,24,25,26,27). The Kier molecular flexibility index (Phi) is 6.52. The Bertz CT molecular complexity index is 777. The van der Waals surface area contributed by atoms with Crippen LogP contribution in [-0.4, -0.2) is 44.8 Å². The zero-order chi connectivity index (χ0) is 21.1. The molecule has 0 fully saturated rings. The predicted molar refractivity (Wildman–Crippen MR) is 90.3 cm³/mol. The van der Waals surface area contributed by atoms with Crippen LogP contribution in [0.3, 0.4) is 0 Å². The zero-order valence-electron chi connectivity index (χ0n) is 15.0. The molecule has 0 aromatic carbocycles. The molecule has 1 heterocycles. The number of anilines is 2. The molecule has 12 heteroatoms. The number of alkyl halides is 5. The molecule has 0 amide bonds. The normalized spacial score (nSPS) is 20.3. The van der Waals surface area contributed by atoms with Gasteiger partial charge in [-0.25, -0.2) is 13.2 Å². The van der Waals surface area contributed by atoms with E-state index in [1.54, 1.807) is 0 Å². The lowest BCUT2D eigenvalue weighted by molar-refractivity contribution is -0.107. The van der Waals surface area contributed by atoms with Crippen molar-refractivity contribution < 1.29 is 31.4 Å². The zero-order valence-corrected chi connectivity index (χ0v) is 15.0. The lowest BCUT2D eigenvalue weighted by Crippen LogP contribution is -2.37. The third kappa shape index (κ3) is 4.91. The van der Waals surface area contributed by atoms with Crippen LogP contribution < -0.4 is 10.6 Å². The highest BCUT2D eigenvalue weighted by Gasteiger charge is 2.46. The van der Waals surface area contributed by atoms with Crippen LogP contribution in [0.1, 0.15) is 38.9 Å². The van der Waals surface area contributed by atoms with Crippen LogP contribution in [0.25, 0.3) is 5.57 Å². The maximum Gasteiger partial charge on any atom is 0.431 e. The topological polar surface area (TPSA) is 83.0 Å². The van der Waals surface area contributed by atoms with Gasteiger partial charge in [0.15, 0.2) is 11.9 Å². The molecule has 1 aromatic rings. The van der Waals surface area contributed by atoms with E-state index in [9.17, 15) is 31.4 Å². The lowest BCUT2D eigenvalue weighted by Gasteiger charge is -2.27. The van der Waals surface area contributed by atoms with Crippen LogP contribution in [0.5, 0.6) is 0 Å². The first kappa shape index (κ1) is 21.9. The Labute approximate surface area is 156 Å². The number of halogens is 6. The first-order valence-electron chi connectivity index (χ1n) is 8.44. The Morgan fingerprint density at radius 3 is 2.46 bits per heavy atom. The number of aliphatic hydroxyl groups excluding tert-OH is 1. The third-order valence-electron chi connectivity index (χ3n) is 3.92. The highest BCUT2D eigenvalue weighted by atomic mass is 19.4. The molecular weight excluding hydrogens is 392 g/mol. The highest BCUT2D eigenvalue weighted by Crippen LogP contribution is 2.41. The molecule has 1 unspecified atom stereocenters. The molecule has 0 bridgehead atoms. The van der Waals surface area contributed by atoms with Crippen molar-refractivity contribution >= 4 is 17.5 Å². The summed E-state index contributed by atoms with van der Waals surface area (Å²) in [4.78, 5) is 11.4. The molecule has 156 valence electrons. The van der Waals surface area contributed by atoms with Gasteiger partial charge in [0.2, 0.25) is 11.9 Å². The summed E-state index contributed by atoms with van der Waals surface area (Å²) in [6.07, 6.45) is -7.35. The van der Waals surface area contributed by atoms with Crippen molar-refractivity contribution in [1.29, 1.82) is 0 Å². The van der Waals surface area contributed by atoms with E-state index in [4.69, 9.17) is 0 Å². The number of hydrogen-bond acceptors (Lipinski definition) is 6. The summed E-state index contributed by atoms with van der Waals surface area (Å²) in [5, 5.41) is 14.2. The Morgan fingerprint density at radius 1 is 1.25 bits per heavy atom. The smallest absolute Gasteiger partial charge is 0.380 e. The summed E-state index contributed by atoms with van der Waals surface area (Å²) in [5.41, 5.74) is -1.56. The molecule has 1 aliphatic rings. The molecule has 2 rings (SSSR count). The van der Waals surface area contributed by atoms with E-state index in [0.717, 1.165) is 13.0 Å². The van der Waals surface area contributed by atoms with Gasteiger partial charge in [0, 0.05) is 18.5 Å². The third-order valence-corrected chi connectivity index (χ3v) is 3.92. The van der Waals surface area contributed by atoms with Crippen molar-refractivity contribution in [2.24, 2.45) is 0 Å². The number of aromatic nitrogens is 3. The van der Waals surface area contributed by atoms with Gasteiger partial charge in [-0.15, -0.1) is 0 Å². The summed E-state index contributed by atoms with van der Waals surface area (Å²) in [7, 11) is 0. The fourth-order valence-electron chi connectivity index (χ4n) is 2.43. The first-order chi connectivity index (χ1) is 13.0. The molecule has 1 aromatic heterocycles. The molecule has 1 atom stereocenters. The largest absolute Gasteiger partial charge is 0.431 e. The van der Waals surface area contributed by atoms with Crippen LogP contribution in [0, 0.1) is 0 Å². The minimum atomic E-state index is -4.72. The number of nitrogens with one attached hydrogen (secondary N) is 2. The molecule has 0 radical (unpaired) electrons. The van der Waals surface area contributed by atoms with Gasteiger partial charge >= 0.3 is 6.18 Å². The average molecular weight is 411 g/mol. The first-order valence-corrected chi connectivity index (χ1v) is 8.44. The van der Waals surface area contributed by atoms with Crippen molar-refractivity contribution in [2.75, 3.05) is 17.2 Å². The molecule has 1 aliphatic carbocycles.